The molecule has 1 aliphatic carbocycles. The van der Waals surface area contributed by atoms with E-state index in [4.69, 9.17) is 9.72 Å². The lowest BCUT2D eigenvalue weighted by atomic mass is 9.91. The third-order valence-corrected chi connectivity index (χ3v) is 7.58. The molecule has 0 spiro atoms. The summed E-state index contributed by atoms with van der Waals surface area (Å²) in [7, 11) is 1.69. The smallest absolute Gasteiger partial charge is 0.235 e. The molecule has 4 aromatic rings. The first-order valence-corrected chi connectivity index (χ1v) is 12.4. The summed E-state index contributed by atoms with van der Waals surface area (Å²) < 4.78 is 7.43. The molecule has 1 saturated carbocycles. The van der Waals surface area contributed by atoms with Gasteiger partial charge in [-0.1, -0.05) is 31.4 Å². The third-order valence-electron chi connectivity index (χ3n) is 6.34. The molecule has 4 nitrogen and oxygen atoms in total. The highest BCUT2D eigenvalue weighted by Gasteiger charge is 2.18. The van der Waals surface area contributed by atoms with Crippen molar-refractivity contribution >= 4 is 17.5 Å². The Morgan fingerprint density at radius 2 is 1.62 bits per heavy atom. The van der Waals surface area contributed by atoms with Crippen molar-refractivity contribution in [2.45, 2.75) is 43.9 Å². The molecule has 0 N–H and O–H groups in total. The topological polar surface area (TPSA) is 39.4 Å². The number of aromatic nitrogens is 3. The number of aryl methyl sites for hydroxylation is 1. The molecular weight excluding hydrogens is 414 g/mol. The zero-order valence-corrected chi connectivity index (χ0v) is 19.6. The number of fused-ring (bicyclic) bond motifs is 1. The molecule has 2 aromatic carbocycles. The maximum Gasteiger partial charge on any atom is 0.235 e. The average Bonchev–Trinajstić information content (AvgIpc) is 3.22. The second-order valence-electron chi connectivity index (χ2n) is 8.62. The van der Waals surface area contributed by atoms with E-state index in [9.17, 15) is 0 Å². The molecule has 164 valence electrons. The molecule has 0 unspecified atom stereocenters. The number of methoxy groups -OCH3 is 1. The highest BCUT2D eigenvalue weighted by atomic mass is 32.2. The van der Waals surface area contributed by atoms with E-state index < -0.39 is 0 Å². The molecule has 5 heteroatoms. The molecule has 0 saturated heterocycles. The van der Waals surface area contributed by atoms with Gasteiger partial charge in [0.05, 0.1) is 18.5 Å². The molecule has 32 heavy (non-hydrogen) atoms. The van der Waals surface area contributed by atoms with Crippen molar-refractivity contribution in [2.24, 2.45) is 5.92 Å². The fourth-order valence-corrected chi connectivity index (χ4v) is 5.61. The second-order valence-corrected chi connectivity index (χ2v) is 9.71. The quantitative estimate of drug-likeness (QED) is 0.299. The van der Waals surface area contributed by atoms with E-state index in [1.165, 1.54) is 42.8 Å². The molecule has 5 rings (SSSR count). The molecule has 1 aliphatic rings. The van der Waals surface area contributed by atoms with E-state index >= 15 is 0 Å². The Morgan fingerprint density at radius 1 is 0.906 bits per heavy atom. The predicted molar refractivity (Wildman–Crippen MR) is 132 cm³/mol. The third kappa shape index (κ3) is 4.40. The minimum atomic E-state index is 0.724. The molecular formula is C27H29N3OS. The summed E-state index contributed by atoms with van der Waals surface area (Å²) in [5, 5.41) is 0. The summed E-state index contributed by atoms with van der Waals surface area (Å²) in [6.07, 6.45) is 9.08. The van der Waals surface area contributed by atoms with Crippen LogP contribution in [0.5, 0.6) is 5.75 Å². The normalized spacial score (nSPS) is 14.7. The van der Waals surface area contributed by atoms with E-state index in [-0.39, 0.29) is 0 Å². The predicted octanol–water partition coefficient (Wildman–Crippen LogP) is 7.05. The van der Waals surface area contributed by atoms with E-state index in [1.807, 2.05) is 36.9 Å². The Hall–Kier alpha value is -2.79. The summed E-state index contributed by atoms with van der Waals surface area (Å²) in [6, 6.07) is 19.1. The Bertz CT molecular complexity index is 1190. The summed E-state index contributed by atoms with van der Waals surface area (Å²) in [4.78, 5) is 10.9. The molecule has 2 aromatic heterocycles. The van der Waals surface area contributed by atoms with Crippen molar-refractivity contribution in [1.82, 2.24) is 14.4 Å². The Balaban J connectivity index is 1.48. The largest absolute Gasteiger partial charge is 0.497 e. The van der Waals surface area contributed by atoms with Crippen LogP contribution < -0.4 is 4.74 Å². The second kappa shape index (κ2) is 9.37. The van der Waals surface area contributed by atoms with Crippen LogP contribution in [-0.4, -0.2) is 27.2 Å². The van der Waals surface area contributed by atoms with Crippen LogP contribution in [0.2, 0.25) is 0 Å². The fourth-order valence-electron chi connectivity index (χ4n) is 4.52. The number of ether oxygens (including phenoxy) is 1. The van der Waals surface area contributed by atoms with Gasteiger partial charge in [0.2, 0.25) is 5.78 Å². The number of imidazole rings is 1. The molecule has 0 bridgehead atoms. The van der Waals surface area contributed by atoms with Crippen molar-refractivity contribution < 1.29 is 4.74 Å². The zero-order valence-electron chi connectivity index (χ0n) is 18.8. The van der Waals surface area contributed by atoms with Gasteiger partial charge in [-0.15, -0.1) is 11.8 Å². The van der Waals surface area contributed by atoms with Gasteiger partial charge in [-0.05, 0) is 68.1 Å². The molecule has 2 heterocycles. The maximum absolute atomic E-state index is 5.33. The number of thioether (sulfide) groups is 1. The first kappa shape index (κ1) is 21.1. The Labute approximate surface area is 194 Å². The van der Waals surface area contributed by atoms with E-state index in [2.05, 4.69) is 52.0 Å². The molecule has 1 fully saturated rings. The van der Waals surface area contributed by atoms with Gasteiger partial charge < -0.3 is 4.74 Å². The standard InChI is InChI=1S/C27H29N3OS/c1-19-16-17-30-26(25(29-27(30)28-19)21-8-12-23(31-2)13-9-21)22-10-14-24(15-11-22)32-18-20-6-4-3-5-7-20/h8-17,20H,3-7,18H2,1-2H3. The van der Waals surface area contributed by atoms with Crippen molar-refractivity contribution in [3.63, 3.8) is 0 Å². The molecule has 0 atom stereocenters. The van der Waals surface area contributed by atoms with Gasteiger partial charge in [0.15, 0.2) is 0 Å². The van der Waals surface area contributed by atoms with Crippen molar-refractivity contribution in [1.29, 1.82) is 0 Å². The summed E-state index contributed by atoms with van der Waals surface area (Å²) >= 11 is 1.99. The monoisotopic (exact) mass is 443 g/mol. The van der Waals surface area contributed by atoms with Crippen LogP contribution in [0.15, 0.2) is 65.7 Å². The van der Waals surface area contributed by atoms with E-state index in [1.54, 1.807) is 7.11 Å². The minimum Gasteiger partial charge on any atom is -0.497 e. The van der Waals surface area contributed by atoms with Crippen LogP contribution in [-0.2, 0) is 0 Å². The van der Waals surface area contributed by atoms with Gasteiger partial charge in [0.25, 0.3) is 0 Å². The van der Waals surface area contributed by atoms with Crippen LogP contribution in [0, 0.1) is 12.8 Å². The van der Waals surface area contributed by atoms with Gasteiger partial charge in [0.1, 0.15) is 5.75 Å². The highest BCUT2D eigenvalue weighted by Crippen LogP contribution is 2.35. The first-order chi connectivity index (χ1) is 15.7. The number of hydrogen-bond donors (Lipinski definition) is 0. The lowest BCUT2D eigenvalue weighted by Crippen LogP contribution is -2.08. The fraction of sp³-hybridized carbons (Fsp3) is 0.333. The van der Waals surface area contributed by atoms with E-state index in [0.29, 0.717) is 0 Å². The van der Waals surface area contributed by atoms with Gasteiger partial charge >= 0.3 is 0 Å². The number of hydrogen-bond acceptors (Lipinski definition) is 4. The number of nitrogens with zero attached hydrogens (tertiary/aromatic N) is 3. The number of benzene rings is 2. The Morgan fingerprint density at radius 3 is 2.34 bits per heavy atom. The molecule has 0 aliphatic heterocycles. The van der Waals surface area contributed by atoms with Crippen molar-refractivity contribution in [3.05, 3.63) is 66.5 Å². The lowest BCUT2D eigenvalue weighted by Gasteiger charge is -2.20. The summed E-state index contributed by atoms with van der Waals surface area (Å²) in [5.41, 5.74) is 5.18. The summed E-state index contributed by atoms with van der Waals surface area (Å²) in [5.74, 6) is 3.67. The zero-order chi connectivity index (χ0) is 21.9. The van der Waals surface area contributed by atoms with Gasteiger partial charge in [-0.25, -0.2) is 9.97 Å². The van der Waals surface area contributed by atoms with Gasteiger partial charge in [-0.2, -0.15) is 0 Å². The molecule has 0 radical (unpaired) electrons. The van der Waals surface area contributed by atoms with Crippen LogP contribution in [0.25, 0.3) is 28.3 Å². The molecule has 0 amide bonds. The average molecular weight is 444 g/mol. The summed E-state index contributed by atoms with van der Waals surface area (Å²) in [6.45, 7) is 2.00. The van der Waals surface area contributed by atoms with Gasteiger partial charge in [0, 0.05) is 33.7 Å². The van der Waals surface area contributed by atoms with Crippen LogP contribution in [0.3, 0.4) is 0 Å². The SMILES string of the molecule is COc1ccc(-c2nc3nc(C)ccn3c2-c2ccc(SCC3CCCCC3)cc2)cc1. The highest BCUT2D eigenvalue weighted by molar-refractivity contribution is 7.99. The minimum absolute atomic E-state index is 0.724. The van der Waals surface area contributed by atoms with Crippen LogP contribution in [0.4, 0.5) is 0 Å². The number of rotatable bonds is 6. The maximum atomic E-state index is 5.33. The lowest BCUT2D eigenvalue weighted by molar-refractivity contribution is 0.391. The van der Waals surface area contributed by atoms with Crippen LogP contribution in [0.1, 0.15) is 37.8 Å². The van der Waals surface area contributed by atoms with E-state index in [0.717, 1.165) is 45.7 Å². The Kier molecular flexibility index (Phi) is 6.17. The first-order valence-electron chi connectivity index (χ1n) is 11.4. The van der Waals surface area contributed by atoms with Crippen molar-refractivity contribution in [3.8, 4) is 28.3 Å². The van der Waals surface area contributed by atoms with Crippen molar-refractivity contribution in [2.75, 3.05) is 12.9 Å². The van der Waals surface area contributed by atoms with Gasteiger partial charge in [-0.3, -0.25) is 4.40 Å². The van der Waals surface area contributed by atoms with Crippen LogP contribution >= 0.6 is 11.8 Å².